The van der Waals surface area contributed by atoms with Gasteiger partial charge in [-0.1, -0.05) is 60.2 Å². The molecule has 156 valence electrons. The minimum Gasteiger partial charge on any atom is -0.334 e. The van der Waals surface area contributed by atoms with E-state index in [1.807, 2.05) is 29.3 Å². The van der Waals surface area contributed by atoms with Crippen LogP contribution in [0.25, 0.3) is 11.4 Å². The molecule has 2 aromatic carbocycles. The van der Waals surface area contributed by atoms with Crippen molar-refractivity contribution in [3.63, 3.8) is 0 Å². The summed E-state index contributed by atoms with van der Waals surface area (Å²) in [6.45, 7) is 7.24. The molecule has 1 unspecified atom stereocenters. The number of piperidine rings is 1. The number of benzene rings is 2. The predicted octanol–water partition coefficient (Wildman–Crippen LogP) is 4.79. The van der Waals surface area contributed by atoms with E-state index in [9.17, 15) is 4.79 Å². The average Bonchev–Trinajstić information content (AvgIpc) is 3.14. The summed E-state index contributed by atoms with van der Waals surface area (Å²) < 4.78 is 2.30. The van der Waals surface area contributed by atoms with Gasteiger partial charge in [0.2, 0.25) is 0 Å². The van der Waals surface area contributed by atoms with Gasteiger partial charge in [-0.2, -0.15) is 0 Å². The zero-order valence-corrected chi connectivity index (χ0v) is 17.8. The number of likely N-dealkylation sites (tertiary alicyclic amines) is 1. The Morgan fingerprint density at radius 3 is 2.63 bits per heavy atom. The van der Waals surface area contributed by atoms with Crippen LogP contribution in [0.1, 0.15) is 29.7 Å². The van der Waals surface area contributed by atoms with E-state index in [-0.39, 0.29) is 6.03 Å². The molecule has 1 atom stereocenters. The van der Waals surface area contributed by atoms with E-state index in [0.717, 1.165) is 55.1 Å². The number of nitrogens with zero attached hydrogens (tertiary/aromatic N) is 3. The Morgan fingerprint density at radius 1 is 1.10 bits per heavy atom. The van der Waals surface area contributed by atoms with Crippen LogP contribution >= 0.6 is 0 Å². The Labute approximate surface area is 178 Å². The maximum absolute atomic E-state index is 12.7. The molecule has 1 aromatic heterocycles. The van der Waals surface area contributed by atoms with E-state index in [1.54, 1.807) is 0 Å². The van der Waals surface area contributed by atoms with E-state index >= 15 is 0 Å². The monoisotopic (exact) mass is 402 g/mol. The number of hydrogen-bond acceptors (Lipinski definition) is 2. The highest BCUT2D eigenvalue weighted by Gasteiger charge is 2.25. The predicted molar refractivity (Wildman–Crippen MR) is 120 cm³/mol. The fraction of sp³-hybridized carbons (Fsp3) is 0.360. The molecule has 2 heterocycles. The van der Waals surface area contributed by atoms with Crippen LogP contribution in [0.5, 0.6) is 0 Å². The molecular weight excluding hydrogens is 372 g/mol. The van der Waals surface area contributed by atoms with Gasteiger partial charge in [0.25, 0.3) is 0 Å². The number of aryl methyl sites for hydroxylation is 2. The fourth-order valence-corrected chi connectivity index (χ4v) is 4.16. The van der Waals surface area contributed by atoms with Gasteiger partial charge in [0.05, 0.1) is 0 Å². The van der Waals surface area contributed by atoms with Crippen molar-refractivity contribution in [2.75, 3.05) is 13.1 Å². The molecule has 1 saturated heterocycles. The molecule has 1 fully saturated rings. The van der Waals surface area contributed by atoms with Gasteiger partial charge in [0, 0.05) is 43.6 Å². The normalized spacial score (nSPS) is 16.5. The lowest BCUT2D eigenvalue weighted by molar-refractivity contribution is 0.159. The first-order valence-electron chi connectivity index (χ1n) is 10.8. The maximum Gasteiger partial charge on any atom is 0.317 e. The van der Waals surface area contributed by atoms with E-state index < -0.39 is 0 Å². The van der Waals surface area contributed by atoms with Gasteiger partial charge in [-0.25, -0.2) is 9.78 Å². The highest BCUT2D eigenvalue weighted by molar-refractivity contribution is 5.74. The summed E-state index contributed by atoms with van der Waals surface area (Å²) in [7, 11) is 0. The number of hydrogen-bond donors (Lipinski definition) is 1. The number of nitrogens with one attached hydrogen (secondary N) is 1. The summed E-state index contributed by atoms with van der Waals surface area (Å²) in [5.41, 5.74) is 4.65. The Balaban J connectivity index is 1.38. The summed E-state index contributed by atoms with van der Waals surface area (Å²) in [5.74, 6) is 1.44. The number of amides is 2. The molecule has 0 radical (unpaired) electrons. The second-order valence-electron chi connectivity index (χ2n) is 8.30. The Kier molecular flexibility index (Phi) is 6.17. The second-order valence-corrected chi connectivity index (χ2v) is 8.30. The lowest BCUT2D eigenvalue weighted by Gasteiger charge is -2.33. The van der Waals surface area contributed by atoms with Crippen LogP contribution < -0.4 is 5.32 Å². The molecule has 4 rings (SSSR count). The summed E-state index contributed by atoms with van der Waals surface area (Å²) >= 11 is 0. The fourth-order valence-electron chi connectivity index (χ4n) is 4.16. The van der Waals surface area contributed by atoms with Gasteiger partial charge in [0.1, 0.15) is 5.82 Å². The second kappa shape index (κ2) is 9.16. The van der Waals surface area contributed by atoms with Crippen molar-refractivity contribution >= 4 is 6.03 Å². The first-order chi connectivity index (χ1) is 14.6. The van der Waals surface area contributed by atoms with Gasteiger partial charge in [-0.3, -0.25) is 0 Å². The zero-order chi connectivity index (χ0) is 20.9. The van der Waals surface area contributed by atoms with Crippen molar-refractivity contribution in [2.45, 2.75) is 39.8 Å². The SMILES string of the molecule is Cc1ccc(CNC(=O)N2CCCC(Cn3c(C)cnc3-c3ccccc3)C2)cc1. The summed E-state index contributed by atoms with van der Waals surface area (Å²) in [5, 5.41) is 3.08. The van der Waals surface area contributed by atoms with Gasteiger partial charge in [0.15, 0.2) is 0 Å². The average molecular weight is 403 g/mol. The number of aromatic nitrogens is 2. The van der Waals surface area contributed by atoms with Gasteiger partial charge in [-0.05, 0) is 38.2 Å². The quantitative estimate of drug-likeness (QED) is 0.667. The zero-order valence-electron chi connectivity index (χ0n) is 17.8. The summed E-state index contributed by atoms with van der Waals surface area (Å²) in [6.07, 6.45) is 4.11. The standard InChI is InChI=1S/C25H30N4O/c1-19-10-12-21(13-11-19)16-27-25(30)28-14-6-7-22(17-28)18-29-20(2)15-26-24(29)23-8-4-3-5-9-23/h3-5,8-13,15,22H,6-7,14,16-18H2,1-2H3,(H,27,30). The van der Waals surface area contributed by atoms with Crippen molar-refractivity contribution in [3.05, 3.63) is 77.6 Å². The van der Waals surface area contributed by atoms with Crippen LogP contribution in [0.2, 0.25) is 0 Å². The van der Waals surface area contributed by atoms with Gasteiger partial charge >= 0.3 is 6.03 Å². The Morgan fingerprint density at radius 2 is 1.87 bits per heavy atom. The summed E-state index contributed by atoms with van der Waals surface area (Å²) in [4.78, 5) is 19.4. The molecule has 5 heteroatoms. The lowest BCUT2D eigenvalue weighted by atomic mass is 9.98. The Bertz CT molecular complexity index is 978. The maximum atomic E-state index is 12.7. The number of carbonyl (C=O) groups is 1. The number of carbonyl (C=O) groups excluding carboxylic acids is 1. The third kappa shape index (κ3) is 4.73. The molecular formula is C25H30N4O. The van der Waals surface area contributed by atoms with E-state index in [4.69, 9.17) is 0 Å². The third-order valence-corrected chi connectivity index (χ3v) is 5.90. The van der Waals surface area contributed by atoms with Gasteiger partial charge in [-0.15, -0.1) is 0 Å². The topological polar surface area (TPSA) is 50.2 Å². The first kappa shape index (κ1) is 20.2. The molecule has 0 saturated carbocycles. The molecule has 30 heavy (non-hydrogen) atoms. The summed E-state index contributed by atoms with van der Waals surface area (Å²) in [6, 6.07) is 18.7. The van der Waals surface area contributed by atoms with Crippen LogP contribution in [0.15, 0.2) is 60.8 Å². The van der Waals surface area contributed by atoms with Crippen molar-refractivity contribution in [1.29, 1.82) is 0 Å². The van der Waals surface area contributed by atoms with Crippen LogP contribution in [-0.4, -0.2) is 33.6 Å². The van der Waals surface area contributed by atoms with Crippen molar-refractivity contribution in [3.8, 4) is 11.4 Å². The van der Waals surface area contributed by atoms with Crippen LogP contribution in [-0.2, 0) is 13.1 Å². The Hall–Kier alpha value is -3.08. The molecule has 0 bridgehead atoms. The molecule has 3 aromatic rings. The van der Waals surface area contributed by atoms with Crippen LogP contribution in [0.3, 0.4) is 0 Å². The smallest absolute Gasteiger partial charge is 0.317 e. The lowest BCUT2D eigenvalue weighted by Crippen LogP contribution is -2.46. The van der Waals surface area contributed by atoms with Crippen molar-refractivity contribution < 1.29 is 4.79 Å². The number of imidazole rings is 1. The van der Waals surface area contributed by atoms with Crippen molar-refractivity contribution in [2.24, 2.45) is 5.92 Å². The molecule has 5 nitrogen and oxygen atoms in total. The van der Waals surface area contributed by atoms with Crippen molar-refractivity contribution in [1.82, 2.24) is 19.8 Å². The molecule has 1 aliphatic heterocycles. The largest absolute Gasteiger partial charge is 0.334 e. The van der Waals surface area contributed by atoms with Crippen LogP contribution in [0, 0.1) is 19.8 Å². The number of urea groups is 1. The molecule has 0 aliphatic carbocycles. The highest BCUT2D eigenvalue weighted by Crippen LogP contribution is 2.24. The van der Waals surface area contributed by atoms with Crippen LogP contribution in [0.4, 0.5) is 4.79 Å². The molecule has 1 aliphatic rings. The molecule has 2 amide bonds. The minimum atomic E-state index is 0.0333. The number of rotatable bonds is 5. The molecule has 0 spiro atoms. The van der Waals surface area contributed by atoms with E-state index in [0.29, 0.717) is 12.5 Å². The third-order valence-electron chi connectivity index (χ3n) is 5.90. The van der Waals surface area contributed by atoms with E-state index in [1.165, 1.54) is 5.56 Å². The minimum absolute atomic E-state index is 0.0333. The highest BCUT2D eigenvalue weighted by atomic mass is 16.2. The van der Waals surface area contributed by atoms with Gasteiger partial charge < -0.3 is 14.8 Å². The van der Waals surface area contributed by atoms with E-state index in [2.05, 4.69) is 65.1 Å². The first-order valence-corrected chi connectivity index (χ1v) is 10.8. The molecule has 1 N–H and O–H groups in total.